The molecule has 0 unspecified atom stereocenters. The van der Waals surface area contributed by atoms with Gasteiger partial charge in [0.15, 0.2) is 0 Å². The summed E-state index contributed by atoms with van der Waals surface area (Å²) in [6.07, 6.45) is 0.150. The molecule has 0 aliphatic heterocycles. The molecule has 10 heteroatoms. The first kappa shape index (κ1) is 24.3. The van der Waals surface area contributed by atoms with Gasteiger partial charge in [-0.25, -0.2) is 4.79 Å². The zero-order valence-corrected chi connectivity index (χ0v) is 18.2. The Morgan fingerprint density at radius 3 is 2.24 bits per heavy atom. The van der Waals surface area contributed by atoms with Crippen LogP contribution in [-0.4, -0.2) is 39.8 Å². The van der Waals surface area contributed by atoms with Gasteiger partial charge in [-0.2, -0.15) is 13.2 Å². The fourth-order valence-electron chi connectivity index (χ4n) is 3.09. The highest BCUT2D eigenvalue weighted by Crippen LogP contribution is 2.26. The van der Waals surface area contributed by atoms with Gasteiger partial charge in [-0.05, 0) is 42.5 Å². The highest BCUT2D eigenvalue weighted by molar-refractivity contribution is 6.13. The maximum atomic E-state index is 13.0. The Bertz CT molecular complexity index is 1290. The molecule has 0 aliphatic rings. The van der Waals surface area contributed by atoms with Crippen LogP contribution in [0.4, 0.5) is 18.9 Å². The Kier molecular flexibility index (Phi) is 7.20. The first-order valence-corrected chi connectivity index (χ1v) is 9.88. The number of aliphatic carboxylic acids is 1. The van der Waals surface area contributed by atoms with E-state index in [4.69, 9.17) is 14.6 Å². The summed E-state index contributed by atoms with van der Waals surface area (Å²) in [5.74, 6) is -1.44. The molecule has 2 heterocycles. The van der Waals surface area contributed by atoms with E-state index in [1.165, 1.54) is 0 Å². The monoisotopic (exact) mass is 471 g/mol. The first-order chi connectivity index (χ1) is 16.1. The summed E-state index contributed by atoms with van der Waals surface area (Å²) in [5, 5.41) is 8.08. The average molecular weight is 471 g/mol. The Balaban J connectivity index is 0.000000406. The zero-order valence-electron chi connectivity index (χ0n) is 18.2. The van der Waals surface area contributed by atoms with Gasteiger partial charge in [0.05, 0.1) is 11.8 Å². The van der Waals surface area contributed by atoms with Crippen molar-refractivity contribution in [2.45, 2.75) is 6.18 Å². The molecule has 0 bridgehead atoms. The number of alkyl halides is 3. The standard InChI is InChI=1S/C22H19N3O2.C2HF3O2/c1-24-15-20(19-7-3-4-8-21(19)24)22(26)25(2)16-9-11-17(12-10-16)27-18-6-5-13-23-14-18;3-2(4,5)1(6)7/h3-15H,1-2H3;(H,6,7). The summed E-state index contributed by atoms with van der Waals surface area (Å²) in [6, 6.07) is 19.0. The van der Waals surface area contributed by atoms with Gasteiger partial charge in [-0.1, -0.05) is 18.2 Å². The number of ether oxygens (including phenoxy) is 1. The molecule has 7 nitrogen and oxygen atoms in total. The summed E-state index contributed by atoms with van der Waals surface area (Å²) >= 11 is 0. The third kappa shape index (κ3) is 5.71. The number of anilines is 1. The van der Waals surface area contributed by atoms with Gasteiger partial charge >= 0.3 is 12.1 Å². The third-order valence-electron chi connectivity index (χ3n) is 4.77. The number of carbonyl (C=O) groups excluding carboxylic acids is 1. The summed E-state index contributed by atoms with van der Waals surface area (Å²) in [7, 11) is 3.73. The number of halogens is 3. The number of carboxylic acid groups (broad SMARTS) is 1. The summed E-state index contributed by atoms with van der Waals surface area (Å²) < 4.78 is 39.5. The number of carbonyl (C=O) groups is 2. The summed E-state index contributed by atoms with van der Waals surface area (Å²) in [5.41, 5.74) is 2.52. The van der Waals surface area contributed by atoms with Gasteiger partial charge in [0.25, 0.3) is 5.91 Å². The second kappa shape index (κ2) is 10.1. The minimum absolute atomic E-state index is 0.0484. The summed E-state index contributed by atoms with van der Waals surface area (Å²) in [4.78, 5) is 27.6. The van der Waals surface area contributed by atoms with Crippen molar-refractivity contribution in [3.05, 3.63) is 84.8 Å². The molecule has 0 fully saturated rings. The molecule has 34 heavy (non-hydrogen) atoms. The fraction of sp³-hybridized carbons (Fsp3) is 0.125. The van der Waals surface area contributed by atoms with Crippen molar-refractivity contribution in [2.24, 2.45) is 7.05 Å². The van der Waals surface area contributed by atoms with Crippen LogP contribution < -0.4 is 9.64 Å². The molecule has 2 aromatic carbocycles. The van der Waals surface area contributed by atoms with Gasteiger partial charge in [-0.3, -0.25) is 9.78 Å². The number of hydrogen-bond acceptors (Lipinski definition) is 4. The molecule has 0 atom stereocenters. The number of amides is 1. The van der Waals surface area contributed by atoms with Crippen molar-refractivity contribution >= 4 is 28.5 Å². The lowest BCUT2D eigenvalue weighted by molar-refractivity contribution is -0.192. The third-order valence-corrected chi connectivity index (χ3v) is 4.77. The van der Waals surface area contributed by atoms with Crippen LogP contribution in [0.5, 0.6) is 11.5 Å². The van der Waals surface area contributed by atoms with E-state index in [1.807, 2.05) is 78.5 Å². The van der Waals surface area contributed by atoms with Crippen molar-refractivity contribution < 1.29 is 32.6 Å². The van der Waals surface area contributed by atoms with Crippen molar-refractivity contribution in [3.63, 3.8) is 0 Å². The fourth-order valence-corrected chi connectivity index (χ4v) is 3.09. The number of aromatic nitrogens is 2. The Labute approximate surface area is 192 Å². The predicted molar refractivity (Wildman–Crippen MR) is 120 cm³/mol. The molecule has 4 rings (SSSR count). The van der Waals surface area contributed by atoms with E-state index in [0.717, 1.165) is 16.6 Å². The van der Waals surface area contributed by atoms with Gasteiger partial charge in [0.2, 0.25) is 0 Å². The van der Waals surface area contributed by atoms with Gasteiger partial charge in [-0.15, -0.1) is 0 Å². The predicted octanol–water partition coefficient (Wildman–Crippen LogP) is 5.28. The highest BCUT2D eigenvalue weighted by Gasteiger charge is 2.38. The Morgan fingerprint density at radius 2 is 1.65 bits per heavy atom. The van der Waals surface area contributed by atoms with Crippen LogP contribution in [0.3, 0.4) is 0 Å². The van der Waals surface area contributed by atoms with E-state index in [9.17, 15) is 18.0 Å². The molecule has 0 radical (unpaired) electrons. The van der Waals surface area contributed by atoms with Crippen LogP contribution in [0.2, 0.25) is 0 Å². The number of fused-ring (bicyclic) bond motifs is 1. The number of para-hydroxylation sites is 1. The van der Waals surface area contributed by atoms with Gasteiger partial charge < -0.3 is 19.3 Å². The minimum atomic E-state index is -5.08. The van der Waals surface area contributed by atoms with E-state index in [1.54, 1.807) is 24.3 Å². The smallest absolute Gasteiger partial charge is 0.475 e. The number of rotatable bonds is 4. The van der Waals surface area contributed by atoms with Crippen LogP contribution in [-0.2, 0) is 11.8 Å². The minimum Gasteiger partial charge on any atom is -0.475 e. The molecule has 0 spiro atoms. The molecule has 1 amide bonds. The average Bonchev–Trinajstić information content (AvgIpc) is 3.16. The number of aryl methyl sites for hydroxylation is 1. The molecular weight excluding hydrogens is 451 g/mol. The zero-order chi connectivity index (χ0) is 24.9. The quantitative estimate of drug-likeness (QED) is 0.438. The molecule has 176 valence electrons. The molecule has 0 saturated carbocycles. The molecule has 2 aromatic heterocycles. The van der Waals surface area contributed by atoms with Crippen molar-refractivity contribution in [1.29, 1.82) is 0 Å². The van der Waals surface area contributed by atoms with Gasteiger partial charge in [0.1, 0.15) is 11.5 Å². The Morgan fingerprint density at radius 1 is 1.00 bits per heavy atom. The topological polar surface area (TPSA) is 84.7 Å². The van der Waals surface area contributed by atoms with Crippen molar-refractivity contribution in [3.8, 4) is 11.5 Å². The normalized spacial score (nSPS) is 10.9. The number of hydrogen-bond donors (Lipinski definition) is 1. The Hall–Kier alpha value is -4.34. The number of nitrogens with zero attached hydrogens (tertiary/aromatic N) is 3. The molecule has 1 N–H and O–H groups in total. The largest absolute Gasteiger partial charge is 0.490 e. The summed E-state index contributed by atoms with van der Waals surface area (Å²) in [6.45, 7) is 0. The molecule has 0 saturated heterocycles. The highest BCUT2D eigenvalue weighted by atomic mass is 19.4. The van der Waals surface area contributed by atoms with Crippen LogP contribution in [0.1, 0.15) is 10.4 Å². The van der Waals surface area contributed by atoms with E-state index in [2.05, 4.69) is 4.98 Å². The SMILES string of the molecule is CN(C(=O)c1cn(C)c2ccccc12)c1ccc(Oc2cccnc2)cc1.O=C(O)C(F)(F)F. The molecule has 4 aromatic rings. The molecular formula is C24H20F3N3O4. The van der Waals surface area contributed by atoms with E-state index in [-0.39, 0.29) is 5.91 Å². The van der Waals surface area contributed by atoms with Gasteiger partial charge in [0, 0.05) is 43.1 Å². The maximum Gasteiger partial charge on any atom is 0.490 e. The molecule has 0 aliphatic carbocycles. The number of carboxylic acids is 1. The lowest BCUT2D eigenvalue weighted by atomic mass is 10.1. The maximum absolute atomic E-state index is 13.0. The van der Waals surface area contributed by atoms with Crippen LogP contribution in [0.15, 0.2) is 79.3 Å². The van der Waals surface area contributed by atoms with E-state index in [0.29, 0.717) is 17.1 Å². The van der Waals surface area contributed by atoms with Crippen LogP contribution in [0.25, 0.3) is 10.9 Å². The van der Waals surface area contributed by atoms with Crippen molar-refractivity contribution in [1.82, 2.24) is 9.55 Å². The first-order valence-electron chi connectivity index (χ1n) is 9.88. The lowest BCUT2D eigenvalue weighted by Crippen LogP contribution is -2.25. The van der Waals surface area contributed by atoms with E-state index >= 15 is 0 Å². The lowest BCUT2D eigenvalue weighted by Gasteiger charge is -2.17. The number of pyridine rings is 1. The van der Waals surface area contributed by atoms with Crippen molar-refractivity contribution in [2.75, 3.05) is 11.9 Å². The number of benzene rings is 2. The van der Waals surface area contributed by atoms with Crippen LogP contribution >= 0.6 is 0 Å². The second-order valence-electron chi connectivity index (χ2n) is 7.12. The second-order valence-corrected chi connectivity index (χ2v) is 7.12. The van der Waals surface area contributed by atoms with E-state index < -0.39 is 12.1 Å². The van der Waals surface area contributed by atoms with Crippen LogP contribution in [0, 0.1) is 0 Å².